The molecule has 104 valence electrons. The van der Waals surface area contributed by atoms with Gasteiger partial charge in [0.15, 0.2) is 0 Å². The normalized spacial score (nSPS) is 30.4. The topological polar surface area (TPSA) is 29.5 Å². The molecule has 2 rings (SSSR count). The van der Waals surface area contributed by atoms with E-state index >= 15 is 0 Å². The van der Waals surface area contributed by atoms with E-state index in [4.69, 9.17) is 4.74 Å². The van der Waals surface area contributed by atoms with E-state index in [1.807, 2.05) is 0 Å². The molecule has 2 nitrogen and oxygen atoms in total. The van der Waals surface area contributed by atoms with Crippen molar-refractivity contribution in [2.75, 3.05) is 6.61 Å². The van der Waals surface area contributed by atoms with Crippen LogP contribution in [0.2, 0.25) is 0 Å². The van der Waals surface area contributed by atoms with E-state index in [0.29, 0.717) is 5.92 Å². The third kappa shape index (κ3) is 3.74. The maximum absolute atomic E-state index is 10.4. The number of ether oxygens (including phenoxy) is 1. The van der Waals surface area contributed by atoms with Crippen molar-refractivity contribution in [3.05, 3.63) is 11.8 Å². The molecule has 0 aromatic rings. The van der Waals surface area contributed by atoms with E-state index in [1.54, 1.807) is 0 Å². The first-order valence-corrected chi connectivity index (χ1v) is 7.82. The Hall–Kier alpha value is -0.500. The van der Waals surface area contributed by atoms with Gasteiger partial charge < -0.3 is 9.84 Å². The summed E-state index contributed by atoms with van der Waals surface area (Å²) >= 11 is 0. The lowest BCUT2D eigenvalue weighted by molar-refractivity contribution is 0.0357. The van der Waals surface area contributed by atoms with Crippen molar-refractivity contribution in [2.24, 2.45) is 11.8 Å². The number of rotatable bonds is 5. The van der Waals surface area contributed by atoms with Gasteiger partial charge in [-0.3, -0.25) is 0 Å². The molecule has 1 heterocycles. The van der Waals surface area contributed by atoms with E-state index in [0.717, 1.165) is 31.1 Å². The van der Waals surface area contributed by atoms with Gasteiger partial charge >= 0.3 is 0 Å². The summed E-state index contributed by atoms with van der Waals surface area (Å²) in [5.41, 5.74) is 0. The Morgan fingerprint density at radius 3 is 2.72 bits per heavy atom. The third-order valence-corrected chi connectivity index (χ3v) is 4.56. The molecule has 1 atom stereocenters. The molecule has 0 saturated heterocycles. The number of hydrogen-bond donors (Lipinski definition) is 1. The predicted molar refractivity (Wildman–Crippen MR) is 74.2 cm³/mol. The Balaban J connectivity index is 1.76. The van der Waals surface area contributed by atoms with Crippen molar-refractivity contribution in [2.45, 2.75) is 70.8 Å². The lowest BCUT2D eigenvalue weighted by atomic mass is 9.77. The SMILES string of the molecule is CCCCC1CCC(C(O)C2=CCCCO2)CC1. The summed E-state index contributed by atoms with van der Waals surface area (Å²) in [6.07, 6.45) is 12.9. The second-order valence-corrected chi connectivity index (χ2v) is 5.97. The van der Waals surface area contributed by atoms with Gasteiger partial charge in [0.05, 0.1) is 6.61 Å². The molecule has 0 bridgehead atoms. The van der Waals surface area contributed by atoms with Gasteiger partial charge in [-0.2, -0.15) is 0 Å². The maximum atomic E-state index is 10.4. The van der Waals surface area contributed by atoms with Crippen molar-refractivity contribution in [3.63, 3.8) is 0 Å². The van der Waals surface area contributed by atoms with Crippen LogP contribution in [0.1, 0.15) is 64.7 Å². The van der Waals surface area contributed by atoms with Gasteiger partial charge in [0, 0.05) is 0 Å². The maximum Gasteiger partial charge on any atom is 0.121 e. The molecule has 1 aliphatic carbocycles. The highest BCUT2D eigenvalue weighted by Crippen LogP contribution is 2.35. The van der Waals surface area contributed by atoms with Crippen LogP contribution < -0.4 is 0 Å². The molecular formula is C16H28O2. The smallest absolute Gasteiger partial charge is 0.121 e. The molecule has 0 spiro atoms. The molecule has 1 aliphatic heterocycles. The Bertz CT molecular complexity index is 264. The summed E-state index contributed by atoms with van der Waals surface area (Å²) < 4.78 is 5.60. The zero-order valence-electron chi connectivity index (χ0n) is 11.7. The highest BCUT2D eigenvalue weighted by Gasteiger charge is 2.29. The average Bonchev–Trinajstić information content (AvgIpc) is 2.46. The Labute approximate surface area is 111 Å². The van der Waals surface area contributed by atoms with Crippen molar-refractivity contribution in [1.29, 1.82) is 0 Å². The van der Waals surface area contributed by atoms with Gasteiger partial charge in [-0.1, -0.05) is 39.0 Å². The minimum absolute atomic E-state index is 0.336. The standard InChI is InChI=1S/C16H28O2/c1-2-3-6-13-8-10-14(11-9-13)16(17)15-7-4-5-12-18-15/h7,13-14,16-17H,2-6,8-12H2,1H3. The van der Waals surface area contributed by atoms with Crippen LogP contribution in [0.5, 0.6) is 0 Å². The lowest BCUT2D eigenvalue weighted by Gasteiger charge is -2.33. The lowest BCUT2D eigenvalue weighted by Crippen LogP contribution is -2.29. The molecule has 18 heavy (non-hydrogen) atoms. The molecule has 0 aromatic carbocycles. The molecule has 2 heteroatoms. The molecule has 0 amide bonds. The van der Waals surface area contributed by atoms with Gasteiger partial charge in [-0.25, -0.2) is 0 Å². The minimum atomic E-state index is -0.336. The van der Waals surface area contributed by atoms with Crippen molar-refractivity contribution in [1.82, 2.24) is 0 Å². The van der Waals surface area contributed by atoms with E-state index in [1.165, 1.54) is 44.9 Å². The second-order valence-electron chi connectivity index (χ2n) is 5.97. The van der Waals surface area contributed by atoms with Gasteiger partial charge in [0.25, 0.3) is 0 Å². The fourth-order valence-electron chi connectivity index (χ4n) is 3.30. The van der Waals surface area contributed by atoms with Crippen LogP contribution >= 0.6 is 0 Å². The molecule has 0 aromatic heterocycles. The molecule has 1 N–H and O–H groups in total. The van der Waals surface area contributed by atoms with Crippen LogP contribution in [0, 0.1) is 11.8 Å². The number of aliphatic hydroxyl groups excluding tert-OH is 1. The minimum Gasteiger partial charge on any atom is -0.495 e. The van der Waals surface area contributed by atoms with E-state index in [2.05, 4.69) is 13.0 Å². The molecule has 1 fully saturated rings. The summed E-state index contributed by atoms with van der Waals surface area (Å²) in [6.45, 7) is 3.05. The zero-order valence-corrected chi connectivity index (χ0v) is 11.7. The highest BCUT2D eigenvalue weighted by atomic mass is 16.5. The zero-order chi connectivity index (χ0) is 12.8. The van der Waals surface area contributed by atoms with E-state index < -0.39 is 0 Å². The Morgan fingerprint density at radius 2 is 2.11 bits per heavy atom. The van der Waals surface area contributed by atoms with Crippen molar-refractivity contribution >= 4 is 0 Å². The first-order chi connectivity index (χ1) is 8.81. The first-order valence-electron chi connectivity index (χ1n) is 7.82. The summed E-state index contributed by atoms with van der Waals surface area (Å²) in [5, 5.41) is 10.4. The van der Waals surface area contributed by atoms with E-state index in [9.17, 15) is 5.11 Å². The quantitative estimate of drug-likeness (QED) is 0.800. The molecular weight excluding hydrogens is 224 g/mol. The van der Waals surface area contributed by atoms with Crippen LogP contribution in [0.4, 0.5) is 0 Å². The summed E-state index contributed by atoms with van der Waals surface area (Å²) in [7, 11) is 0. The largest absolute Gasteiger partial charge is 0.495 e. The van der Waals surface area contributed by atoms with Gasteiger partial charge in [-0.05, 0) is 43.6 Å². The number of allylic oxidation sites excluding steroid dienone is 1. The number of aliphatic hydroxyl groups is 1. The molecule has 2 aliphatic rings. The van der Waals surface area contributed by atoms with Crippen LogP contribution in [0.3, 0.4) is 0 Å². The van der Waals surface area contributed by atoms with Gasteiger partial charge in [0.2, 0.25) is 0 Å². The second kappa shape index (κ2) is 7.18. The molecule has 1 unspecified atom stereocenters. The van der Waals surface area contributed by atoms with Crippen LogP contribution in [0.25, 0.3) is 0 Å². The summed E-state index contributed by atoms with van der Waals surface area (Å²) in [6, 6.07) is 0. The monoisotopic (exact) mass is 252 g/mol. The van der Waals surface area contributed by atoms with Crippen molar-refractivity contribution in [3.8, 4) is 0 Å². The molecule has 1 saturated carbocycles. The fourth-order valence-corrected chi connectivity index (χ4v) is 3.30. The van der Waals surface area contributed by atoms with Crippen molar-refractivity contribution < 1.29 is 9.84 Å². The predicted octanol–water partition coefficient (Wildman–Crippen LogP) is 4.04. The van der Waals surface area contributed by atoms with Gasteiger partial charge in [-0.15, -0.1) is 0 Å². The van der Waals surface area contributed by atoms with Gasteiger partial charge in [0.1, 0.15) is 11.9 Å². The third-order valence-electron chi connectivity index (χ3n) is 4.56. The fraction of sp³-hybridized carbons (Fsp3) is 0.875. The molecule has 0 radical (unpaired) electrons. The number of hydrogen-bond acceptors (Lipinski definition) is 2. The van der Waals surface area contributed by atoms with Crippen LogP contribution in [0.15, 0.2) is 11.8 Å². The Kier molecular flexibility index (Phi) is 5.55. The Morgan fingerprint density at radius 1 is 1.33 bits per heavy atom. The average molecular weight is 252 g/mol. The van der Waals surface area contributed by atoms with E-state index in [-0.39, 0.29) is 6.10 Å². The highest BCUT2D eigenvalue weighted by molar-refractivity contribution is 5.04. The van der Waals surface area contributed by atoms with Crippen LogP contribution in [-0.4, -0.2) is 17.8 Å². The summed E-state index contributed by atoms with van der Waals surface area (Å²) in [5.74, 6) is 2.21. The van der Waals surface area contributed by atoms with Crippen LogP contribution in [-0.2, 0) is 4.74 Å². The summed E-state index contributed by atoms with van der Waals surface area (Å²) in [4.78, 5) is 0. The number of unbranched alkanes of at least 4 members (excludes halogenated alkanes) is 1. The first kappa shape index (κ1) is 13.9.